The van der Waals surface area contributed by atoms with Gasteiger partial charge in [0.15, 0.2) is 5.78 Å². The summed E-state index contributed by atoms with van der Waals surface area (Å²) in [6.07, 6.45) is 3.58. The molecule has 1 aliphatic heterocycles. The minimum Gasteiger partial charge on any atom is -0.506 e. The molecule has 5 heteroatoms. The summed E-state index contributed by atoms with van der Waals surface area (Å²) >= 11 is 0. The van der Waals surface area contributed by atoms with Crippen LogP contribution in [0.4, 0.5) is 0 Å². The van der Waals surface area contributed by atoms with E-state index >= 15 is 0 Å². The van der Waals surface area contributed by atoms with Crippen LogP contribution in [-0.4, -0.2) is 27.0 Å². The largest absolute Gasteiger partial charge is 0.506 e. The van der Waals surface area contributed by atoms with Crippen LogP contribution in [-0.2, 0) is 11.3 Å². The molecule has 2 aromatic heterocycles. The fourth-order valence-electron chi connectivity index (χ4n) is 2.60. The zero-order valence-electron chi connectivity index (χ0n) is 9.42. The molecule has 0 bridgehead atoms. The first kappa shape index (κ1) is 9.58. The number of benzene rings is 1. The number of carbonyl (C=O) groups is 1. The Morgan fingerprint density at radius 3 is 3.17 bits per heavy atom. The second-order valence-corrected chi connectivity index (χ2v) is 4.50. The second kappa shape index (κ2) is 3.07. The van der Waals surface area contributed by atoms with E-state index in [1.165, 1.54) is 0 Å². The molecule has 1 N–H and O–H groups in total. The normalized spacial score (nSPS) is 15.0. The van der Waals surface area contributed by atoms with Crippen LogP contribution in [0.25, 0.3) is 21.8 Å². The number of nitrogens with zero attached hydrogens (tertiary/aromatic N) is 3. The highest BCUT2D eigenvalue weighted by molar-refractivity contribution is 6.10. The van der Waals surface area contributed by atoms with Crippen LogP contribution in [0.3, 0.4) is 0 Å². The first-order chi connectivity index (χ1) is 8.74. The highest BCUT2D eigenvalue weighted by Gasteiger charge is 2.18. The van der Waals surface area contributed by atoms with Crippen molar-refractivity contribution in [3.63, 3.8) is 0 Å². The van der Waals surface area contributed by atoms with E-state index < -0.39 is 0 Å². The van der Waals surface area contributed by atoms with Gasteiger partial charge in [0.05, 0.1) is 17.4 Å². The molecule has 0 atom stereocenters. The molecule has 0 unspecified atom stereocenters. The Morgan fingerprint density at radius 2 is 2.28 bits per heavy atom. The Labute approximate surface area is 101 Å². The molecule has 0 saturated carbocycles. The minimum absolute atomic E-state index is 0.0656. The smallest absolute Gasteiger partial charge is 0.173 e. The summed E-state index contributed by atoms with van der Waals surface area (Å²) in [6, 6.07) is 3.46. The Bertz CT molecular complexity index is 863. The van der Waals surface area contributed by atoms with Crippen LogP contribution in [0, 0.1) is 0 Å². The average molecular weight is 239 g/mol. The fraction of sp³-hybridized carbons (Fsp3) is 0.154. The number of hydrogen-bond donors (Lipinski definition) is 1. The number of phenolic OH excluding ortho intramolecular Hbond substituents is 1. The van der Waals surface area contributed by atoms with Crippen molar-refractivity contribution in [2.45, 2.75) is 6.54 Å². The molecular formula is C13H9N3O2. The topological polar surface area (TPSA) is 67.5 Å². The summed E-state index contributed by atoms with van der Waals surface area (Å²) in [6.45, 7) is 0.489. The molecular weight excluding hydrogens is 230 g/mol. The van der Waals surface area contributed by atoms with E-state index in [-0.39, 0.29) is 18.1 Å². The number of aromatic nitrogens is 2. The first-order valence-electron chi connectivity index (χ1n) is 5.69. The van der Waals surface area contributed by atoms with Crippen molar-refractivity contribution >= 4 is 27.6 Å². The van der Waals surface area contributed by atoms with Gasteiger partial charge in [0, 0.05) is 29.2 Å². The molecule has 3 aromatic rings. The summed E-state index contributed by atoms with van der Waals surface area (Å²) in [5.74, 6) is 0.176. The van der Waals surface area contributed by atoms with Crippen LogP contribution >= 0.6 is 0 Å². The number of ketones is 1. The van der Waals surface area contributed by atoms with Gasteiger partial charge < -0.3 is 9.67 Å². The standard InChI is InChI=1S/C13H9N3O2/c17-8-4-15-9-3-10(18)12-11-7(1-2-14-12)5-16(6-8)13(9)11/h1-3,5,18H,4,6H2. The third kappa shape index (κ3) is 1.08. The van der Waals surface area contributed by atoms with Crippen LogP contribution in [0.2, 0.25) is 0 Å². The SMILES string of the molecule is O=C1CN=c2cc(O)c3nccc4cn(c2c43)C1. The molecule has 1 aromatic carbocycles. The third-order valence-electron chi connectivity index (χ3n) is 3.33. The van der Waals surface area contributed by atoms with Crippen molar-refractivity contribution < 1.29 is 9.90 Å². The lowest BCUT2D eigenvalue weighted by molar-refractivity contribution is -0.118. The molecule has 0 radical (unpaired) electrons. The van der Waals surface area contributed by atoms with Crippen molar-refractivity contribution in [3.8, 4) is 5.75 Å². The van der Waals surface area contributed by atoms with Crippen LogP contribution in [0.5, 0.6) is 5.75 Å². The van der Waals surface area contributed by atoms with Crippen molar-refractivity contribution in [3.05, 3.63) is 29.9 Å². The van der Waals surface area contributed by atoms with Gasteiger partial charge in [-0.25, -0.2) is 0 Å². The number of carbonyl (C=O) groups excluding carboxylic acids is 1. The van der Waals surface area contributed by atoms with E-state index in [4.69, 9.17) is 0 Å². The van der Waals surface area contributed by atoms with Crippen LogP contribution in [0.1, 0.15) is 0 Å². The Morgan fingerprint density at radius 1 is 1.39 bits per heavy atom. The summed E-state index contributed by atoms with van der Waals surface area (Å²) in [5.41, 5.74) is 1.45. The average Bonchev–Trinajstić information content (AvgIpc) is 2.64. The van der Waals surface area contributed by atoms with Gasteiger partial charge in [-0.2, -0.15) is 0 Å². The van der Waals surface area contributed by atoms with Crippen molar-refractivity contribution in [2.24, 2.45) is 4.99 Å². The van der Waals surface area contributed by atoms with E-state index in [0.717, 1.165) is 16.3 Å². The Balaban J connectivity index is 2.35. The summed E-state index contributed by atoms with van der Waals surface area (Å²) in [4.78, 5) is 20.1. The molecule has 1 aliphatic rings. The summed E-state index contributed by atoms with van der Waals surface area (Å²) in [5, 5.41) is 12.5. The fourth-order valence-corrected chi connectivity index (χ4v) is 2.60. The zero-order valence-corrected chi connectivity index (χ0v) is 9.42. The molecule has 18 heavy (non-hydrogen) atoms. The second-order valence-electron chi connectivity index (χ2n) is 4.50. The zero-order chi connectivity index (χ0) is 12.3. The lowest BCUT2D eigenvalue weighted by atomic mass is 10.1. The third-order valence-corrected chi connectivity index (χ3v) is 3.33. The van der Waals surface area contributed by atoms with E-state index in [0.29, 0.717) is 17.4 Å². The Hall–Kier alpha value is -2.43. The number of aromatic hydroxyl groups is 1. The van der Waals surface area contributed by atoms with Crippen molar-refractivity contribution in [1.29, 1.82) is 0 Å². The predicted molar refractivity (Wildman–Crippen MR) is 65.5 cm³/mol. The van der Waals surface area contributed by atoms with Crippen LogP contribution in [0.15, 0.2) is 29.5 Å². The minimum atomic E-state index is 0.0656. The molecule has 88 valence electrons. The van der Waals surface area contributed by atoms with Crippen molar-refractivity contribution in [1.82, 2.24) is 9.55 Å². The number of pyridine rings is 1. The maximum atomic E-state index is 11.7. The number of phenols is 1. The molecule has 3 heterocycles. The van der Waals surface area contributed by atoms with E-state index in [2.05, 4.69) is 9.98 Å². The lowest BCUT2D eigenvalue weighted by Crippen LogP contribution is -2.09. The van der Waals surface area contributed by atoms with E-state index in [9.17, 15) is 9.90 Å². The van der Waals surface area contributed by atoms with E-state index in [1.807, 2.05) is 16.8 Å². The van der Waals surface area contributed by atoms with Gasteiger partial charge in [-0.3, -0.25) is 14.8 Å². The number of Topliss-reactive ketones (excluding diaryl/α,β-unsaturated/α-hetero) is 1. The van der Waals surface area contributed by atoms with Crippen molar-refractivity contribution in [2.75, 3.05) is 6.54 Å². The molecule has 0 spiro atoms. The maximum absolute atomic E-state index is 11.7. The van der Waals surface area contributed by atoms with Gasteiger partial charge in [0.2, 0.25) is 0 Å². The van der Waals surface area contributed by atoms with Gasteiger partial charge in [-0.15, -0.1) is 0 Å². The highest BCUT2D eigenvalue weighted by Crippen LogP contribution is 2.30. The number of rotatable bonds is 0. The highest BCUT2D eigenvalue weighted by atomic mass is 16.3. The maximum Gasteiger partial charge on any atom is 0.173 e. The summed E-state index contributed by atoms with van der Waals surface area (Å²) in [7, 11) is 0. The van der Waals surface area contributed by atoms with Gasteiger partial charge in [-0.05, 0) is 6.07 Å². The van der Waals surface area contributed by atoms with Crippen LogP contribution < -0.4 is 5.36 Å². The molecule has 0 saturated heterocycles. The van der Waals surface area contributed by atoms with Gasteiger partial charge in [0.1, 0.15) is 17.8 Å². The molecule has 5 nitrogen and oxygen atoms in total. The molecule has 4 rings (SSSR count). The van der Waals surface area contributed by atoms with Gasteiger partial charge in [-0.1, -0.05) is 0 Å². The molecule has 0 aliphatic carbocycles. The molecule has 0 fully saturated rings. The predicted octanol–water partition coefficient (Wildman–Crippen LogP) is 0.816. The van der Waals surface area contributed by atoms with Gasteiger partial charge >= 0.3 is 0 Å². The molecule has 0 amide bonds. The Kier molecular flexibility index (Phi) is 1.63. The monoisotopic (exact) mass is 239 g/mol. The quantitative estimate of drug-likeness (QED) is 0.631. The lowest BCUT2D eigenvalue weighted by Gasteiger charge is -2.02. The summed E-state index contributed by atoms with van der Waals surface area (Å²) < 4.78 is 1.90. The van der Waals surface area contributed by atoms with E-state index in [1.54, 1.807) is 12.3 Å². The first-order valence-corrected chi connectivity index (χ1v) is 5.69. The number of hydrogen-bond acceptors (Lipinski definition) is 4. The van der Waals surface area contributed by atoms with Gasteiger partial charge in [0.25, 0.3) is 0 Å².